The maximum Gasteiger partial charge on any atom is 0.0468 e. The van der Waals surface area contributed by atoms with Crippen molar-refractivity contribution in [2.24, 2.45) is 11.8 Å². The largest absolute Gasteiger partial charge is 0.381 e. The molecule has 0 saturated carbocycles. The molecule has 2 heteroatoms. The predicted octanol–water partition coefficient (Wildman–Crippen LogP) is 14.4. The van der Waals surface area contributed by atoms with Crippen LogP contribution in [0, 0.1) is 11.8 Å². The first-order chi connectivity index (χ1) is 23.1. The lowest BCUT2D eigenvalue weighted by atomic mass is 9.99. The van der Waals surface area contributed by atoms with E-state index in [0.717, 1.165) is 44.7 Å². The lowest BCUT2D eigenvalue weighted by molar-refractivity contribution is 0.119. The van der Waals surface area contributed by atoms with Gasteiger partial charge in [0, 0.05) is 26.4 Å². The van der Waals surface area contributed by atoms with Gasteiger partial charge in [0.1, 0.15) is 0 Å². The molecule has 0 bridgehead atoms. The van der Waals surface area contributed by atoms with Crippen LogP contribution in [0.15, 0.2) is 36.4 Å². The number of benzene rings is 1. The van der Waals surface area contributed by atoms with Gasteiger partial charge in [-0.2, -0.15) is 0 Å². The first-order valence-electron chi connectivity index (χ1n) is 21.0. The molecule has 0 aliphatic rings. The number of rotatable bonds is 36. The Bertz CT molecular complexity index is 784. The minimum Gasteiger partial charge on any atom is -0.381 e. The molecule has 0 N–H and O–H groups in total. The smallest absolute Gasteiger partial charge is 0.0468 e. The van der Waals surface area contributed by atoms with Crippen LogP contribution in [-0.2, 0) is 22.3 Å². The second kappa shape index (κ2) is 34.7. The van der Waals surface area contributed by atoms with E-state index in [1.54, 1.807) is 11.1 Å². The van der Waals surface area contributed by atoms with Gasteiger partial charge in [0.25, 0.3) is 0 Å². The van der Waals surface area contributed by atoms with Crippen LogP contribution in [0.3, 0.4) is 0 Å². The minimum atomic E-state index is 0.734. The van der Waals surface area contributed by atoms with Crippen molar-refractivity contribution in [1.29, 1.82) is 0 Å². The minimum absolute atomic E-state index is 0.734. The summed E-state index contributed by atoms with van der Waals surface area (Å²) in [7, 11) is 0. The summed E-state index contributed by atoms with van der Waals surface area (Å²) in [6.07, 6.45) is 41.2. The van der Waals surface area contributed by atoms with Crippen LogP contribution in [-0.4, -0.2) is 26.4 Å². The summed E-state index contributed by atoms with van der Waals surface area (Å²) < 4.78 is 11.3. The van der Waals surface area contributed by atoms with E-state index in [1.165, 1.54) is 167 Å². The fourth-order valence-electron chi connectivity index (χ4n) is 6.48. The zero-order chi connectivity index (χ0) is 33.9. The van der Waals surface area contributed by atoms with E-state index in [0.29, 0.717) is 0 Å². The summed E-state index contributed by atoms with van der Waals surface area (Å²) in [4.78, 5) is 0. The summed E-state index contributed by atoms with van der Waals surface area (Å²) in [6, 6.07) is 9.49. The van der Waals surface area contributed by atoms with Crippen molar-refractivity contribution in [1.82, 2.24) is 0 Å². The van der Waals surface area contributed by atoms with E-state index in [1.807, 2.05) is 0 Å². The van der Waals surface area contributed by atoms with Crippen LogP contribution < -0.4 is 0 Å². The van der Waals surface area contributed by atoms with E-state index in [4.69, 9.17) is 9.47 Å². The lowest BCUT2D eigenvalue weighted by Gasteiger charge is -2.07. The van der Waals surface area contributed by atoms with Crippen molar-refractivity contribution in [2.45, 2.75) is 201 Å². The predicted molar refractivity (Wildman–Crippen MR) is 210 cm³/mol. The SMILES string of the molecule is CCCOCCCCCCC(C)/C=C/CCCCCCCc1cccc(CCCCCCCCCCCCCCOCCC(C)C)c1. The molecule has 0 amide bonds. The maximum absolute atomic E-state index is 5.73. The second-order valence-corrected chi connectivity index (χ2v) is 15.1. The first kappa shape index (κ1) is 43.9. The van der Waals surface area contributed by atoms with Gasteiger partial charge in [-0.25, -0.2) is 0 Å². The Hall–Kier alpha value is -1.12. The number of ether oxygens (including phenoxy) is 2. The Kier molecular flexibility index (Phi) is 32.4. The lowest BCUT2D eigenvalue weighted by Crippen LogP contribution is -2.00. The Morgan fingerprint density at radius 1 is 0.511 bits per heavy atom. The third-order valence-corrected chi connectivity index (χ3v) is 9.68. The molecule has 1 unspecified atom stereocenters. The Morgan fingerprint density at radius 2 is 0.979 bits per heavy atom. The molecule has 1 aromatic rings. The molecular weight excluding hydrogens is 572 g/mol. The van der Waals surface area contributed by atoms with Crippen LogP contribution in [0.5, 0.6) is 0 Å². The zero-order valence-electron chi connectivity index (χ0n) is 32.4. The average Bonchev–Trinajstić information content (AvgIpc) is 3.06. The molecular formula is C45H82O2. The fraction of sp³-hybridized carbons (Fsp3) is 0.822. The topological polar surface area (TPSA) is 18.5 Å². The second-order valence-electron chi connectivity index (χ2n) is 15.1. The normalized spacial score (nSPS) is 12.5. The van der Waals surface area contributed by atoms with Crippen molar-refractivity contribution in [3.8, 4) is 0 Å². The molecule has 0 saturated heterocycles. The highest BCUT2D eigenvalue weighted by molar-refractivity contribution is 5.23. The Morgan fingerprint density at radius 3 is 1.51 bits per heavy atom. The van der Waals surface area contributed by atoms with Crippen LogP contribution in [0.1, 0.15) is 199 Å². The summed E-state index contributed by atoms with van der Waals surface area (Å²) in [5.41, 5.74) is 3.11. The highest BCUT2D eigenvalue weighted by Gasteiger charge is 2.01. The Labute approximate surface area is 295 Å². The van der Waals surface area contributed by atoms with E-state index >= 15 is 0 Å². The van der Waals surface area contributed by atoms with Crippen molar-refractivity contribution in [3.63, 3.8) is 0 Å². The number of unbranched alkanes of at least 4 members (excludes halogenated alkanes) is 19. The van der Waals surface area contributed by atoms with Crippen LogP contribution in [0.25, 0.3) is 0 Å². The number of aryl methyl sites for hydroxylation is 2. The molecule has 0 radical (unpaired) electrons. The van der Waals surface area contributed by atoms with Gasteiger partial charge in [0.05, 0.1) is 0 Å². The van der Waals surface area contributed by atoms with Crippen LogP contribution in [0.2, 0.25) is 0 Å². The van der Waals surface area contributed by atoms with Crippen molar-refractivity contribution in [2.75, 3.05) is 26.4 Å². The van der Waals surface area contributed by atoms with Gasteiger partial charge >= 0.3 is 0 Å². The molecule has 0 aliphatic carbocycles. The number of hydrogen-bond acceptors (Lipinski definition) is 2. The molecule has 274 valence electrons. The van der Waals surface area contributed by atoms with Crippen molar-refractivity contribution < 1.29 is 9.47 Å². The molecule has 0 aliphatic heterocycles. The van der Waals surface area contributed by atoms with Gasteiger partial charge in [-0.15, -0.1) is 0 Å². The van der Waals surface area contributed by atoms with Gasteiger partial charge in [0.2, 0.25) is 0 Å². The fourth-order valence-corrected chi connectivity index (χ4v) is 6.48. The third kappa shape index (κ3) is 31.9. The standard InChI is InChI=1S/C45H82O2/c1-5-37-46-38-28-22-20-24-31-43(4)30-23-17-13-12-15-19-26-33-45-35-29-34-44(41-45)32-25-18-14-10-8-6-7-9-11-16-21-27-39-47-40-36-42(2)3/h23,29-30,34-35,41-43H,5-22,24-28,31-33,36-40H2,1-4H3/b30-23+. The number of allylic oxidation sites excluding steroid dienone is 2. The molecule has 2 nitrogen and oxygen atoms in total. The first-order valence-corrected chi connectivity index (χ1v) is 21.0. The molecule has 0 fully saturated rings. The van der Waals surface area contributed by atoms with Crippen LogP contribution in [0.4, 0.5) is 0 Å². The molecule has 1 aromatic carbocycles. The molecule has 0 heterocycles. The maximum atomic E-state index is 5.73. The van der Waals surface area contributed by atoms with Gasteiger partial charge in [-0.05, 0) is 93.6 Å². The summed E-state index contributed by atoms with van der Waals surface area (Å²) in [5, 5.41) is 0. The molecule has 0 aromatic heterocycles. The van der Waals surface area contributed by atoms with E-state index in [9.17, 15) is 0 Å². The van der Waals surface area contributed by atoms with E-state index in [-0.39, 0.29) is 0 Å². The highest BCUT2D eigenvalue weighted by atomic mass is 16.5. The van der Waals surface area contributed by atoms with Gasteiger partial charge in [-0.1, -0.05) is 167 Å². The molecule has 1 rings (SSSR count). The van der Waals surface area contributed by atoms with Crippen LogP contribution >= 0.6 is 0 Å². The summed E-state index contributed by atoms with van der Waals surface area (Å²) in [5.74, 6) is 1.50. The van der Waals surface area contributed by atoms with E-state index < -0.39 is 0 Å². The Balaban J connectivity index is 1.89. The molecule has 47 heavy (non-hydrogen) atoms. The average molecular weight is 655 g/mol. The van der Waals surface area contributed by atoms with Gasteiger partial charge in [0.15, 0.2) is 0 Å². The summed E-state index contributed by atoms with van der Waals surface area (Å²) in [6.45, 7) is 12.9. The quantitative estimate of drug-likeness (QED) is 0.0529. The molecule has 1 atom stereocenters. The van der Waals surface area contributed by atoms with Crippen molar-refractivity contribution >= 4 is 0 Å². The number of hydrogen-bond donors (Lipinski definition) is 0. The molecule has 0 spiro atoms. The third-order valence-electron chi connectivity index (χ3n) is 9.68. The van der Waals surface area contributed by atoms with Crippen molar-refractivity contribution in [3.05, 3.63) is 47.5 Å². The zero-order valence-corrected chi connectivity index (χ0v) is 32.4. The van der Waals surface area contributed by atoms with E-state index in [2.05, 4.69) is 64.1 Å². The monoisotopic (exact) mass is 655 g/mol. The van der Waals surface area contributed by atoms with Gasteiger partial charge in [-0.3, -0.25) is 0 Å². The van der Waals surface area contributed by atoms with Gasteiger partial charge < -0.3 is 9.47 Å². The summed E-state index contributed by atoms with van der Waals surface area (Å²) >= 11 is 0. The highest BCUT2D eigenvalue weighted by Crippen LogP contribution is 2.17.